The number of methoxy groups -OCH3 is 1. The SMILES string of the molecule is COc1cccc(C(=O)CSc2nnc(COc3ccccc3F)n2-c2ccccc2)c1. The van der Waals surface area contributed by atoms with Gasteiger partial charge in [0.1, 0.15) is 12.4 Å². The van der Waals surface area contributed by atoms with E-state index in [9.17, 15) is 9.18 Å². The lowest BCUT2D eigenvalue weighted by Gasteiger charge is -2.11. The highest BCUT2D eigenvalue weighted by Crippen LogP contribution is 2.25. The van der Waals surface area contributed by atoms with Crippen LogP contribution in [-0.4, -0.2) is 33.4 Å². The maximum absolute atomic E-state index is 13.9. The molecule has 0 amide bonds. The summed E-state index contributed by atoms with van der Waals surface area (Å²) >= 11 is 1.27. The Morgan fingerprint density at radius 3 is 2.56 bits per heavy atom. The Kier molecular flexibility index (Phi) is 6.81. The van der Waals surface area contributed by atoms with E-state index in [1.54, 1.807) is 49.6 Å². The van der Waals surface area contributed by atoms with Gasteiger partial charge in [0.05, 0.1) is 12.9 Å². The zero-order chi connectivity index (χ0) is 22.3. The minimum Gasteiger partial charge on any atom is -0.497 e. The van der Waals surface area contributed by atoms with E-state index in [1.165, 1.54) is 17.8 Å². The molecule has 0 N–H and O–H groups in total. The molecule has 0 aliphatic rings. The zero-order valence-corrected chi connectivity index (χ0v) is 18.1. The Balaban J connectivity index is 1.55. The first-order valence-electron chi connectivity index (χ1n) is 9.83. The summed E-state index contributed by atoms with van der Waals surface area (Å²) in [4.78, 5) is 12.7. The number of carbonyl (C=O) groups excluding carboxylic acids is 1. The molecule has 0 unspecified atom stereocenters. The maximum Gasteiger partial charge on any atom is 0.196 e. The number of ether oxygens (including phenoxy) is 2. The van der Waals surface area contributed by atoms with E-state index in [0.717, 1.165) is 5.69 Å². The van der Waals surface area contributed by atoms with Crippen LogP contribution in [0.3, 0.4) is 0 Å². The maximum atomic E-state index is 13.9. The highest BCUT2D eigenvalue weighted by atomic mass is 32.2. The van der Waals surface area contributed by atoms with Crippen molar-refractivity contribution in [3.63, 3.8) is 0 Å². The summed E-state index contributed by atoms with van der Waals surface area (Å²) in [7, 11) is 1.56. The number of hydrogen-bond acceptors (Lipinski definition) is 6. The second kappa shape index (κ2) is 10.1. The van der Waals surface area contributed by atoms with Gasteiger partial charge in [0.15, 0.2) is 28.3 Å². The number of hydrogen-bond donors (Lipinski definition) is 0. The van der Waals surface area contributed by atoms with Crippen molar-refractivity contribution in [2.75, 3.05) is 12.9 Å². The number of rotatable bonds is 9. The van der Waals surface area contributed by atoms with Crippen LogP contribution < -0.4 is 9.47 Å². The monoisotopic (exact) mass is 449 g/mol. The summed E-state index contributed by atoms with van der Waals surface area (Å²) in [5, 5.41) is 9.02. The van der Waals surface area contributed by atoms with Crippen molar-refractivity contribution in [3.8, 4) is 17.2 Å². The van der Waals surface area contributed by atoms with Gasteiger partial charge in [-0.05, 0) is 36.4 Å². The first-order valence-corrected chi connectivity index (χ1v) is 10.8. The number of para-hydroxylation sites is 2. The van der Waals surface area contributed by atoms with Crippen LogP contribution in [0.1, 0.15) is 16.2 Å². The van der Waals surface area contributed by atoms with Crippen molar-refractivity contribution in [1.29, 1.82) is 0 Å². The molecular formula is C24H20FN3O3S. The van der Waals surface area contributed by atoms with Gasteiger partial charge in [0.2, 0.25) is 0 Å². The Morgan fingerprint density at radius 1 is 1.00 bits per heavy atom. The second-order valence-corrected chi connectivity index (χ2v) is 7.68. The molecule has 4 rings (SSSR count). The summed E-state index contributed by atoms with van der Waals surface area (Å²) in [6, 6.07) is 22.7. The smallest absolute Gasteiger partial charge is 0.196 e. The molecule has 32 heavy (non-hydrogen) atoms. The first-order chi connectivity index (χ1) is 15.7. The van der Waals surface area contributed by atoms with Gasteiger partial charge in [-0.25, -0.2) is 4.39 Å². The number of aromatic nitrogens is 3. The van der Waals surface area contributed by atoms with Gasteiger partial charge in [-0.3, -0.25) is 9.36 Å². The van der Waals surface area contributed by atoms with E-state index in [4.69, 9.17) is 9.47 Å². The largest absolute Gasteiger partial charge is 0.497 e. The quantitative estimate of drug-likeness (QED) is 0.266. The van der Waals surface area contributed by atoms with E-state index in [1.807, 2.05) is 34.9 Å². The van der Waals surface area contributed by atoms with Gasteiger partial charge in [-0.2, -0.15) is 0 Å². The van der Waals surface area contributed by atoms with Crippen molar-refractivity contribution in [3.05, 3.63) is 96.1 Å². The van der Waals surface area contributed by atoms with Crippen molar-refractivity contribution in [2.24, 2.45) is 0 Å². The molecule has 8 heteroatoms. The average Bonchev–Trinajstić information content (AvgIpc) is 3.25. The fraction of sp³-hybridized carbons (Fsp3) is 0.125. The highest BCUT2D eigenvalue weighted by molar-refractivity contribution is 7.99. The molecule has 4 aromatic rings. The normalized spacial score (nSPS) is 10.7. The Labute approximate surface area is 189 Å². The molecule has 6 nitrogen and oxygen atoms in total. The molecule has 0 spiro atoms. The molecule has 1 heterocycles. The Hall–Kier alpha value is -3.65. The summed E-state index contributed by atoms with van der Waals surface area (Å²) in [5.41, 5.74) is 1.38. The molecule has 0 fully saturated rings. The van der Waals surface area contributed by atoms with Crippen molar-refractivity contribution >= 4 is 17.5 Å². The van der Waals surface area contributed by atoms with Crippen LogP contribution in [0.25, 0.3) is 5.69 Å². The highest BCUT2D eigenvalue weighted by Gasteiger charge is 2.17. The second-order valence-electron chi connectivity index (χ2n) is 6.73. The van der Waals surface area contributed by atoms with Gasteiger partial charge in [-0.1, -0.05) is 54.2 Å². The fourth-order valence-corrected chi connectivity index (χ4v) is 3.90. The van der Waals surface area contributed by atoms with Crippen LogP contribution in [0, 0.1) is 5.82 Å². The Bertz CT molecular complexity index is 1210. The molecule has 0 aliphatic heterocycles. The van der Waals surface area contributed by atoms with Crippen LogP contribution >= 0.6 is 11.8 Å². The lowest BCUT2D eigenvalue weighted by molar-refractivity contribution is 0.102. The molecular weight excluding hydrogens is 429 g/mol. The Morgan fingerprint density at radius 2 is 1.78 bits per heavy atom. The third kappa shape index (κ3) is 4.97. The van der Waals surface area contributed by atoms with Gasteiger partial charge < -0.3 is 9.47 Å². The van der Waals surface area contributed by atoms with Crippen LogP contribution in [0.2, 0.25) is 0 Å². The molecule has 0 bridgehead atoms. The lowest BCUT2D eigenvalue weighted by Crippen LogP contribution is -2.08. The number of Topliss-reactive ketones (excluding diaryl/α,β-unsaturated/α-hetero) is 1. The van der Waals surface area contributed by atoms with E-state index in [-0.39, 0.29) is 23.9 Å². The number of nitrogens with zero attached hydrogens (tertiary/aromatic N) is 3. The predicted molar refractivity (Wildman–Crippen MR) is 120 cm³/mol. The van der Waals surface area contributed by atoms with Crippen molar-refractivity contribution in [2.45, 2.75) is 11.8 Å². The van der Waals surface area contributed by atoms with Crippen LogP contribution in [0.15, 0.2) is 84.0 Å². The van der Waals surface area contributed by atoms with E-state index in [0.29, 0.717) is 22.3 Å². The number of halogens is 1. The third-order valence-corrected chi connectivity index (χ3v) is 5.56. The summed E-state index contributed by atoms with van der Waals surface area (Å²) in [6.45, 7) is 0.0210. The fourth-order valence-electron chi connectivity index (χ4n) is 3.04. The van der Waals surface area contributed by atoms with Gasteiger partial charge in [-0.15, -0.1) is 10.2 Å². The van der Waals surface area contributed by atoms with E-state index in [2.05, 4.69) is 10.2 Å². The van der Waals surface area contributed by atoms with E-state index < -0.39 is 5.82 Å². The van der Waals surface area contributed by atoms with Crippen molar-refractivity contribution in [1.82, 2.24) is 14.8 Å². The summed E-state index contributed by atoms with van der Waals surface area (Å²) in [5.74, 6) is 0.929. The van der Waals surface area contributed by atoms with Gasteiger partial charge in [0, 0.05) is 11.3 Å². The first kappa shape index (κ1) is 21.6. The predicted octanol–water partition coefficient (Wildman–Crippen LogP) is 4.97. The number of thioether (sulfide) groups is 1. The molecule has 162 valence electrons. The van der Waals surface area contributed by atoms with Gasteiger partial charge >= 0.3 is 0 Å². The molecule has 0 atom stereocenters. The molecule has 3 aromatic carbocycles. The van der Waals surface area contributed by atoms with Crippen molar-refractivity contribution < 1.29 is 18.7 Å². The standard InChI is InChI=1S/C24H20FN3O3S/c1-30-19-11-7-8-17(14-19)21(29)16-32-24-27-26-23(28(24)18-9-3-2-4-10-18)15-31-22-13-6-5-12-20(22)25/h2-14H,15-16H2,1H3. The van der Waals surface area contributed by atoms with Crippen LogP contribution in [0.5, 0.6) is 11.5 Å². The minimum absolute atomic E-state index is 0.0210. The average molecular weight is 450 g/mol. The minimum atomic E-state index is -0.447. The van der Waals surface area contributed by atoms with Crippen LogP contribution in [0.4, 0.5) is 4.39 Å². The molecule has 0 aliphatic carbocycles. The van der Waals surface area contributed by atoms with E-state index >= 15 is 0 Å². The van der Waals surface area contributed by atoms with Crippen LogP contribution in [-0.2, 0) is 6.61 Å². The lowest BCUT2D eigenvalue weighted by atomic mass is 10.1. The summed E-state index contributed by atoms with van der Waals surface area (Å²) in [6.07, 6.45) is 0. The number of benzene rings is 3. The number of carbonyl (C=O) groups is 1. The molecule has 0 saturated heterocycles. The molecule has 0 radical (unpaired) electrons. The third-order valence-electron chi connectivity index (χ3n) is 4.63. The molecule has 1 aromatic heterocycles. The summed E-state index contributed by atoms with van der Waals surface area (Å²) < 4.78 is 26.6. The number of ketones is 1. The van der Waals surface area contributed by atoms with Gasteiger partial charge in [0.25, 0.3) is 0 Å². The molecule has 0 saturated carbocycles. The topological polar surface area (TPSA) is 66.2 Å². The zero-order valence-electron chi connectivity index (χ0n) is 17.3.